The van der Waals surface area contributed by atoms with E-state index in [9.17, 15) is 14.7 Å². The first-order valence-electron chi connectivity index (χ1n) is 9.20. The third-order valence-electron chi connectivity index (χ3n) is 5.02. The van der Waals surface area contributed by atoms with Gasteiger partial charge in [-0.15, -0.1) is 0 Å². The number of Topliss-reactive ketones (excluding diaryl/α,β-unsaturated/α-hetero) is 1. The largest absolute Gasteiger partial charge is 0.388 e. The van der Waals surface area contributed by atoms with Gasteiger partial charge in [-0.1, -0.05) is 37.3 Å². The Morgan fingerprint density at radius 3 is 2.44 bits per heavy atom. The second-order valence-corrected chi connectivity index (χ2v) is 7.06. The summed E-state index contributed by atoms with van der Waals surface area (Å²) in [6.45, 7) is 4.73. The number of ketones is 1. The molecule has 0 radical (unpaired) electrons. The lowest BCUT2D eigenvalue weighted by atomic mass is 9.90. The number of aliphatic hydroxyl groups is 1. The molecular weight excluding hydrogens is 316 g/mol. The van der Waals surface area contributed by atoms with Gasteiger partial charge in [0.15, 0.2) is 5.78 Å². The Labute approximate surface area is 150 Å². The molecule has 1 saturated heterocycles. The highest BCUT2D eigenvalue weighted by molar-refractivity contribution is 5.95. The molecule has 2 rings (SSSR count). The van der Waals surface area contributed by atoms with Crippen molar-refractivity contribution in [2.45, 2.75) is 44.6 Å². The maximum Gasteiger partial charge on any atom is 0.222 e. The van der Waals surface area contributed by atoms with Gasteiger partial charge in [0.05, 0.1) is 5.60 Å². The monoisotopic (exact) mass is 346 g/mol. The number of amides is 1. The normalized spacial score (nSPS) is 17.2. The quantitative estimate of drug-likeness (QED) is 0.734. The molecule has 0 bridgehead atoms. The highest BCUT2D eigenvalue weighted by Gasteiger charge is 2.34. The number of likely N-dealkylation sites (tertiary alicyclic amines) is 1. The Bertz CT molecular complexity index is 566. The van der Waals surface area contributed by atoms with Crippen LogP contribution < -0.4 is 0 Å². The molecule has 1 heterocycles. The second kappa shape index (κ2) is 9.11. The summed E-state index contributed by atoms with van der Waals surface area (Å²) in [7, 11) is 1.76. The van der Waals surface area contributed by atoms with Gasteiger partial charge < -0.3 is 14.9 Å². The minimum atomic E-state index is -0.782. The third kappa shape index (κ3) is 5.94. The minimum absolute atomic E-state index is 0.0651. The molecule has 0 unspecified atom stereocenters. The van der Waals surface area contributed by atoms with Crippen molar-refractivity contribution in [3.8, 4) is 0 Å². The van der Waals surface area contributed by atoms with Gasteiger partial charge in [-0.25, -0.2) is 0 Å². The zero-order chi connectivity index (χ0) is 18.3. The molecule has 1 aromatic carbocycles. The van der Waals surface area contributed by atoms with Gasteiger partial charge in [0, 0.05) is 45.1 Å². The summed E-state index contributed by atoms with van der Waals surface area (Å²) in [5.74, 6) is 0.254. The van der Waals surface area contributed by atoms with Gasteiger partial charge in [-0.2, -0.15) is 0 Å². The predicted molar refractivity (Wildman–Crippen MR) is 98.6 cm³/mol. The number of rotatable bonds is 8. The highest BCUT2D eigenvalue weighted by atomic mass is 16.3. The number of benzene rings is 1. The van der Waals surface area contributed by atoms with E-state index in [-0.39, 0.29) is 11.7 Å². The molecule has 1 amide bonds. The summed E-state index contributed by atoms with van der Waals surface area (Å²) in [4.78, 5) is 27.7. The zero-order valence-corrected chi connectivity index (χ0v) is 15.4. The van der Waals surface area contributed by atoms with Gasteiger partial charge in [-0.3, -0.25) is 9.59 Å². The van der Waals surface area contributed by atoms with Crippen molar-refractivity contribution in [1.29, 1.82) is 0 Å². The van der Waals surface area contributed by atoms with Gasteiger partial charge in [0.25, 0.3) is 0 Å². The number of likely N-dealkylation sites (N-methyl/N-ethyl adjacent to an activating group) is 1. The lowest BCUT2D eigenvalue weighted by Crippen LogP contribution is -2.51. The van der Waals surface area contributed by atoms with Crippen LogP contribution in [0.25, 0.3) is 0 Å². The molecule has 1 fully saturated rings. The number of hydrogen-bond donors (Lipinski definition) is 1. The van der Waals surface area contributed by atoms with E-state index < -0.39 is 5.60 Å². The third-order valence-corrected chi connectivity index (χ3v) is 5.02. The van der Waals surface area contributed by atoms with Crippen LogP contribution in [0.1, 0.15) is 49.4 Å². The first-order valence-corrected chi connectivity index (χ1v) is 9.20. The SMILES string of the molecule is CCC(=O)N(C)CC1(O)CCN(CCCC(=O)c2ccccc2)CC1. The summed E-state index contributed by atoms with van der Waals surface area (Å²) < 4.78 is 0. The number of carbonyl (C=O) groups is 2. The fourth-order valence-electron chi connectivity index (χ4n) is 3.38. The molecule has 1 aliphatic rings. The van der Waals surface area contributed by atoms with Crippen molar-refractivity contribution in [2.75, 3.05) is 33.2 Å². The van der Waals surface area contributed by atoms with Crippen molar-refractivity contribution in [2.24, 2.45) is 0 Å². The predicted octanol–water partition coefficient (Wildman–Crippen LogP) is 2.34. The smallest absolute Gasteiger partial charge is 0.222 e. The molecule has 1 N–H and O–H groups in total. The average Bonchev–Trinajstić information content (AvgIpc) is 2.63. The average molecular weight is 346 g/mol. The number of hydrogen-bond acceptors (Lipinski definition) is 4. The van der Waals surface area contributed by atoms with E-state index in [2.05, 4.69) is 4.90 Å². The highest BCUT2D eigenvalue weighted by Crippen LogP contribution is 2.23. The summed E-state index contributed by atoms with van der Waals surface area (Å²) in [5, 5.41) is 10.7. The van der Waals surface area contributed by atoms with Crippen LogP contribution in [0.2, 0.25) is 0 Å². The molecule has 138 valence electrons. The lowest BCUT2D eigenvalue weighted by molar-refractivity contribution is -0.134. The van der Waals surface area contributed by atoms with E-state index in [0.717, 1.165) is 31.6 Å². The maximum absolute atomic E-state index is 12.1. The molecule has 0 saturated carbocycles. The summed E-state index contributed by atoms with van der Waals surface area (Å²) in [6, 6.07) is 9.41. The van der Waals surface area contributed by atoms with E-state index in [1.165, 1.54) is 0 Å². The molecule has 25 heavy (non-hydrogen) atoms. The molecule has 0 aliphatic carbocycles. The van der Waals surface area contributed by atoms with Crippen molar-refractivity contribution in [3.63, 3.8) is 0 Å². The Balaban J connectivity index is 1.70. The van der Waals surface area contributed by atoms with Crippen LogP contribution in [0.5, 0.6) is 0 Å². The van der Waals surface area contributed by atoms with Crippen molar-refractivity contribution < 1.29 is 14.7 Å². The Kier molecular flexibility index (Phi) is 7.14. The number of carbonyl (C=O) groups excluding carboxylic acids is 2. The molecule has 5 nitrogen and oxygen atoms in total. The molecule has 1 aliphatic heterocycles. The fourth-order valence-corrected chi connectivity index (χ4v) is 3.38. The molecular formula is C20H30N2O3. The van der Waals surface area contributed by atoms with Crippen LogP contribution in [0.15, 0.2) is 30.3 Å². The molecule has 0 atom stereocenters. The number of nitrogens with zero attached hydrogens (tertiary/aromatic N) is 2. The molecule has 0 aromatic heterocycles. The number of piperidine rings is 1. The van der Waals surface area contributed by atoms with Crippen LogP contribution in [-0.4, -0.2) is 65.4 Å². The summed E-state index contributed by atoms with van der Waals surface area (Å²) in [5.41, 5.74) is -0.00482. The maximum atomic E-state index is 12.1. The van der Waals surface area contributed by atoms with Gasteiger partial charge in [0.2, 0.25) is 5.91 Å². The summed E-state index contributed by atoms with van der Waals surface area (Å²) in [6.07, 6.45) is 3.19. The molecule has 5 heteroatoms. The molecule has 1 aromatic rings. The topological polar surface area (TPSA) is 60.9 Å². The molecule has 0 spiro atoms. The first kappa shape index (κ1) is 19.6. The van der Waals surface area contributed by atoms with E-state index in [0.29, 0.717) is 32.2 Å². The van der Waals surface area contributed by atoms with Crippen molar-refractivity contribution >= 4 is 11.7 Å². The lowest BCUT2D eigenvalue weighted by Gasteiger charge is -2.40. The zero-order valence-electron chi connectivity index (χ0n) is 15.4. The van der Waals surface area contributed by atoms with Gasteiger partial charge >= 0.3 is 0 Å². The Morgan fingerprint density at radius 1 is 1.20 bits per heavy atom. The van der Waals surface area contributed by atoms with E-state index in [1.54, 1.807) is 11.9 Å². The fraction of sp³-hybridized carbons (Fsp3) is 0.600. The Hall–Kier alpha value is -1.72. The van der Waals surface area contributed by atoms with Crippen LogP contribution in [0, 0.1) is 0 Å². The van der Waals surface area contributed by atoms with E-state index in [4.69, 9.17) is 0 Å². The van der Waals surface area contributed by atoms with Crippen LogP contribution in [0.3, 0.4) is 0 Å². The summed E-state index contributed by atoms with van der Waals surface area (Å²) >= 11 is 0. The van der Waals surface area contributed by atoms with Crippen molar-refractivity contribution in [1.82, 2.24) is 9.80 Å². The van der Waals surface area contributed by atoms with E-state index >= 15 is 0 Å². The first-order chi connectivity index (χ1) is 11.9. The van der Waals surface area contributed by atoms with Gasteiger partial charge in [-0.05, 0) is 25.8 Å². The minimum Gasteiger partial charge on any atom is -0.388 e. The van der Waals surface area contributed by atoms with Crippen LogP contribution >= 0.6 is 0 Å². The Morgan fingerprint density at radius 2 is 1.84 bits per heavy atom. The standard InChI is InChI=1S/C20H30N2O3/c1-3-19(24)21(2)16-20(25)11-14-22(15-12-20)13-7-10-18(23)17-8-5-4-6-9-17/h4-6,8-9,25H,3,7,10-16H2,1-2H3. The van der Waals surface area contributed by atoms with Gasteiger partial charge in [0.1, 0.15) is 0 Å². The van der Waals surface area contributed by atoms with Crippen LogP contribution in [0.4, 0.5) is 0 Å². The van der Waals surface area contributed by atoms with Crippen LogP contribution in [-0.2, 0) is 4.79 Å². The second-order valence-electron chi connectivity index (χ2n) is 7.06. The van der Waals surface area contributed by atoms with E-state index in [1.807, 2.05) is 37.3 Å². The van der Waals surface area contributed by atoms with Crippen molar-refractivity contribution in [3.05, 3.63) is 35.9 Å².